The van der Waals surface area contributed by atoms with Crippen LogP contribution >= 0.6 is 0 Å². The van der Waals surface area contributed by atoms with Gasteiger partial charge in [-0.25, -0.2) is 19.6 Å². The fourth-order valence-electron chi connectivity index (χ4n) is 3.96. The van der Waals surface area contributed by atoms with Crippen LogP contribution in [0.25, 0.3) is 32.8 Å². The Balaban J connectivity index is 1.76. The van der Waals surface area contributed by atoms with E-state index in [-0.39, 0.29) is 34.7 Å². The molecule has 0 atom stereocenters. The molecule has 1 aromatic heterocycles. The van der Waals surface area contributed by atoms with Gasteiger partial charge in [-0.3, -0.25) is 0 Å². The number of fused-ring (bicyclic) bond motifs is 4. The minimum atomic E-state index is -0.716. The Morgan fingerprint density at radius 2 is 1.51 bits per heavy atom. The summed E-state index contributed by atoms with van der Waals surface area (Å²) in [6, 6.07) is 18.8. The molecule has 5 rings (SSSR count). The highest BCUT2D eigenvalue weighted by atomic mass is 16.5. The van der Waals surface area contributed by atoms with E-state index in [0.29, 0.717) is 33.1 Å². The van der Waals surface area contributed by atoms with Crippen LogP contribution in [0.15, 0.2) is 66.7 Å². The number of carbonyl (C=O) groups is 2. The van der Waals surface area contributed by atoms with E-state index >= 15 is 0 Å². The summed E-state index contributed by atoms with van der Waals surface area (Å²) < 4.78 is 16.1. The number of hydrogen-bond acceptors (Lipinski definition) is 8. The lowest BCUT2D eigenvalue weighted by atomic mass is 10.0. The van der Waals surface area contributed by atoms with Crippen molar-refractivity contribution in [2.24, 2.45) is 0 Å². The molecular weight excluding hydrogens is 448 g/mol. The Kier molecular flexibility index (Phi) is 5.62. The highest BCUT2D eigenvalue weighted by Crippen LogP contribution is 2.37. The SMILES string of the molecule is CCOC(=O)c1c(O)c2ccccc2c2nc3cc(OC)c(C(=O)Oc4ccccc4)cc3nc12. The van der Waals surface area contributed by atoms with Gasteiger partial charge in [0.2, 0.25) is 0 Å². The largest absolute Gasteiger partial charge is 0.506 e. The molecule has 5 aromatic rings. The molecule has 35 heavy (non-hydrogen) atoms. The van der Waals surface area contributed by atoms with Crippen LogP contribution in [0.4, 0.5) is 0 Å². The highest BCUT2D eigenvalue weighted by Gasteiger charge is 2.24. The molecule has 0 radical (unpaired) electrons. The predicted molar refractivity (Wildman–Crippen MR) is 130 cm³/mol. The number of phenols is 1. The van der Waals surface area contributed by atoms with E-state index in [1.807, 2.05) is 6.07 Å². The summed E-state index contributed by atoms with van der Waals surface area (Å²) in [5, 5.41) is 12.0. The summed E-state index contributed by atoms with van der Waals surface area (Å²) in [4.78, 5) is 35.1. The third-order valence-electron chi connectivity index (χ3n) is 5.55. The van der Waals surface area contributed by atoms with Gasteiger partial charge >= 0.3 is 11.9 Å². The van der Waals surface area contributed by atoms with Gasteiger partial charge in [0.25, 0.3) is 0 Å². The summed E-state index contributed by atoms with van der Waals surface area (Å²) >= 11 is 0. The number of hydrogen-bond donors (Lipinski definition) is 1. The Hall–Kier alpha value is -4.72. The molecule has 1 heterocycles. The van der Waals surface area contributed by atoms with Gasteiger partial charge in [0.1, 0.15) is 33.9 Å². The number of rotatable bonds is 5. The molecule has 1 N–H and O–H groups in total. The maximum Gasteiger partial charge on any atom is 0.347 e. The normalized spacial score (nSPS) is 11.0. The molecule has 8 heteroatoms. The second-order valence-electron chi connectivity index (χ2n) is 7.65. The average molecular weight is 468 g/mol. The number of ether oxygens (including phenoxy) is 3. The summed E-state index contributed by atoms with van der Waals surface area (Å²) in [6.45, 7) is 1.80. The van der Waals surface area contributed by atoms with Crippen LogP contribution in [0.2, 0.25) is 0 Å². The van der Waals surface area contributed by atoms with E-state index in [1.165, 1.54) is 13.2 Å². The smallest absolute Gasteiger partial charge is 0.347 e. The van der Waals surface area contributed by atoms with Crippen molar-refractivity contribution in [2.45, 2.75) is 6.92 Å². The third-order valence-corrected chi connectivity index (χ3v) is 5.55. The molecule has 0 saturated heterocycles. The van der Waals surface area contributed by atoms with Gasteiger partial charge in [-0.15, -0.1) is 0 Å². The lowest BCUT2D eigenvalue weighted by Crippen LogP contribution is -2.11. The molecule has 4 aromatic carbocycles. The van der Waals surface area contributed by atoms with Crippen LogP contribution in [0, 0.1) is 0 Å². The van der Waals surface area contributed by atoms with Crippen molar-refractivity contribution in [3.05, 3.63) is 77.9 Å². The molecule has 0 unspecified atom stereocenters. The molecule has 0 bridgehead atoms. The van der Waals surface area contributed by atoms with E-state index in [0.717, 1.165) is 0 Å². The van der Waals surface area contributed by atoms with Crippen LogP contribution in [-0.2, 0) is 4.74 Å². The quantitative estimate of drug-likeness (QED) is 0.165. The van der Waals surface area contributed by atoms with Crippen LogP contribution in [0.5, 0.6) is 17.2 Å². The Morgan fingerprint density at radius 1 is 0.857 bits per heavy atom. The van der Waals surface area contributed by atoms with Crippen LogP contribution in [-0.4, -0.2) is 40.7 Å². The minimum Gasteiger partial charge on any atom is -0.506 e. The van der Waals surface area contributed by atoms with Gasteiger partial charge < -0.3 is 19.3 Å². The monoisotopic (exact) mass is 468 g/mol. The van der Waals surface area contributed by atoms with Crippen molar-refractivity contribution in [1.29, 1.82) is 0 Å². The molecule has 8 nitrogen and oxygen atoms in total. The Labute approximate surface area is 199 Å². The fraction of sp³-hybridized carbons (Fsp3) is 0.111. The van der Waals surface area contributed by atoms with Crippen LogP contribution < -0.4 is 9.47 Å². The zero-order valence-electron chi connectivity index (χ0n) is 18.9. The summed E-state index contributed by atoms with van der Waals surface area (Å²) in [7, 11) is 1.45. The molecular formula is C27H20N2O6. The first-order valence-corrected chi connectivity index (χ1v) is 10.9. The molecule has 0 aliphatic heterocycles. The van der Waals surface area contributed by atoms with Gasteiger partial charge in [-0.1, -0.05) is 42.5 Å². The highest BCUT2D eigenvalue weighted by molar-refractivity contribution is 6.18. The number of carbonyl (C=O) groups excluding carboxylic acids is 2. The van der Waals surface area contributed by atoms with Crippen molar-refractivity contribution in [1.82, 2.24) is 9.97 Å². The molecule has 0 saturated carbocycles. The summed E-state index contributed by atoms with van der Waals surface area (Å²) in [5.41, 5.74) is 1.39. The fourth-order valence-corrected chi connectivity index (χ4v) is 3.96. The predicted octanol–water partition coefficient (Wildman–Crippen LogP) is 5.05. The average Bonchev–Trinajstić information content (AvgIpc) is 2.88. The summed E-state index contributed by atoms with van der Waals surface area (Å²) in [5.74, 6) is -0.945. The topological polar surface area (TPSA) is 108 Å². The van der Waals surface area contributed by atoms with Crippen molar-refractivity contribution >= 4 is 44.8 Å². The molecule has 0 aliphatic carbocycles. The van der Waals surface area contributed by atoms with Gasteiger partial charge in [0.05, 0.1) is 30.3 Å². The van der Waals surface area contributed by atoms with Crippen LogP contribution in [0.3, 0.4) is 0 Å². The van der Waals surface area contributed by atoms with E-state index in [4.69, 9.17) is 19.2 Å². The second-order valence-corrected chi connectivity index (χ2v) is 7.65. The number of esters is 2. The van der Waals surface area contributed by atoms with Crippen molar-refractivity contribution in [3.63, 3.8) is 0 Å². The standard InChI is InChI=1S/C27H20N2O6/c1-3-34-27(32)22-24-23(16-11-7-8-12-17(16)25(22)30)28-20-14-21(33-2)18(13-19(20)29-24)26(31)35-15-9-5-4-6-10-15/h4-14,30H,3H2,1-2H3. The van der Waals surface area contributed by atoms with Gasteiger partial charge in [0, 0.05) is 16.8 Å². The first-order valence-electron chi connectivity index (χ1n) is 10.9. The Bertz CT molecular complexity index is 1620. The van der Waals surface area contributed by atoms with E-state index in [1.54, 1.807) is 61.5 Å². The van der Waals surface area contributed by atoms with Crippen molar-refractivity contribution in [3.8, 4) is 17.2 Å². The lowest BCUT2D eigenvalue weighted by Gasteiger charge is -2.14. The number of benzene rings is 4. The number of nitrogens with zero attached hydrogens (tertiary/aromatic N) is 2. The molecule has 0 aliphatic rings. The number of aromatic nitrogens is 2. The first kappa shape index (κ1) is 22.1. The zero-order chi connectivity index (χ0) is 24.5. The van der Waals surface area contributed by atoms with Crippen molar-refractivity contribution < 1.29 is 28.9 Å². The lowest BCUT2D eigenvalue weighted by molar-refractivity contribution is 0.0525. The molecule has 174 valence electrons. The maximum atomic E-state index is 12.9. The Morgan fingerprint density at radius 3 is 2.23 bits per heavy atom. The molecule has 0 fully saturated rings. The van der Waals surface area contributed by atoms with Gasteiger partial charge in [-0.05, 0) is 25.1 Å². The second kappa shape index (κ2) is 8.90. The van der Waals surface area contributed by atoms with Crippen LogP contribution in [0.1, 0.15) is 27.6 Å². The first-order chi connectivity index (χ1) is 17.0. The molecule has 0 amide bonds. The number of phenolic OH excluding ortho intramolecular Hbond substituents is 1. The zero-order valence-corrected chi connectivity index (χ0v) is 18.9. The molecule has 0 spiro atoms. The number of methoxy groups -OCH3 is 1. The van der Waals surface area contributed by atoms with E-state index < -0.39 is 11.9 Å². The van der Waals surface area contributed by atoms with E-state index in [2.05, 4.69) is 4.98 Å². The number of aromatic hydroxyl groups is 1. The maximum absolute atomic E-state index is 12.9. The van der Waals surface area contributed by atoms with Gasteiger partial charge in [-0.2, -0.15) is 0 Å². The van der Waals surface area contributed by atoms with Crippen molar-refractivity contribution in [2.75, 3.05) is 13.7 Å². The van der Waals surface area contributed by atoms with Gasteiger partial charge in [0.15, 0.2) is 0 Å². The summed E-state index contributed by atoms with van der Waals surface area (Å²) in [6.07, 6.45) is 0. The van der Waals surface area contributed by atoms with E-state index in [9.17, 15) is 14.7 Å². The minimum absolute atomic E-state index is 0.0841. The third kappa shape index (κ3) is 3.85. The number of para-hydroxylation sites is 1.